The highest BCUT2D eigenvalue weighted by molar-refractivity contribution is 5.96. The predicted octanol–water partition coefficient (Wildman–Crippen LogP) is 1.70. The number of aliphatic imine (C=N–C) groups is 1. The minimum absolute atomic E-state index is 0.115. The Hall–Kier alpha value is -2.54. The number of aliphatic hydroxyl groups is 1. The van der Waals surface area contributed by atoms with Crippen LogP contribution in [0.5, 0.6) is 0 Å². The molecule has 1 aromatic carbocycles. The van der Waals surface area contributed by atoms with Crippen LogP contribution in [0.3, 0.4) is 0 Å². The number of hydrogen-bond donors (Lipinski definition) is 4. The number of aliphatic hydroxyl groups excluding tert-OH is 1. The highest BCUT2D eigenvalue weighted by Gasteiger charge is 2.57. The Morgan fingerprint density at radius 3 is 2.97 bits per heavy atom. The maximum atomic E-state index is 13.2. The van der Waals surface area contributed by atoms with Crippen molar-refractivity contribution in [3.05, 3.63) is 47.3 Å². The van der Waals surface area contributed by atoms with E-state index >= 15 is 0 Å². The quantitative estimate of drug-likeness (QED) is 0.425. The smallest absolute Gasteiger partial charge is 0.251 e. The summed E-state index contributed by atoms with van der Waals surface area (Å²) in [7, 11) is 0. The van der Waals surface area contributed by atoms with Crippen LogP contribution in [0, 0.1) is 0 Å². The van der Waals surface area contributed by atoms with Crippen LogP contribution in [-0.4, -0.2) is 58.6 Å². The first-order valence-electron chi connectivity index (χ1n) is 11.5. The van der Waals surface area contributed by atoms with Gasteiger partial charge in [0.1, 0.15) is 6.10 Å². The van der Waals surface area contributed by atoms with Gasteiger partial charge in [-0.2, -0.15) is 0 Å². The van der Waals surface area contributed by atoms with E-state index in [0.717, 1.165) is 49.1 Å². The number of carbonyl (C=O) groups excluding carboxylic acids is 1. The molecule has 4 unspecified atom stereocenters. The molecule has 0 bridgehead atoms. The Balaban J connectivity index is 1.57. The molecule has 5 N–H and O–H groups in total. The first-order chi connectivity index (χ1) is 14.9. The van der Waals surface area contributed by atoms with Crippen LogP contribution in [0.15, 0.2) is 35.6 Å². The number of aryl methyl sites for hydroxylation is 1. The van der Waals surface area contributed by atoms with Gasteiger partial charge in [-0.15, -0.1) is 0 Å². The van der Waals surface area contributed by atoms with Crippen molar-refractivity contribution in [1.82, 2.24) is 15.5 Å². The van der Waals surface area contributed by atoms with E-state index in [4.69, 9.17) is 10.7 Å². The highest BCUT2D eigenvalue weighted by Crippen LogP contribution is 2.39. The van der Waals surface area contributed by atoms with Gasteiger partial charge in [-0.25, -0.2) is 0 Å². The van der Waals surface area contributed by atoms with Gasteiger partial charge in [0.05, 0.1) is 29.3 Å². The summed E-state index contributed by atoms with van der Waals surface area (Å²) >= 11 is 0. The van der Waals surface area contributed by atoms with Crippen LogP contribution in [0.25, 0.3) is 0 Å². The Morgan fingerprint density at radius 1 is 1.42 bits per heavy atom. The molecule has 2 heterocycles. The second kappa shape index (κ2) is 8.54. The summed E-state index contributed by atoms with van der Waals surface area (Å²) in [6, 6.07) is 5.33. The zero-order valence-electron chi connectivity index (χ0n) is 18.7. The third kappa shape index (κ3) is 3.80. The maximum absolute atomic E-state index is 13.2. The molecule has 1 amide bonds. The van der Waals surface area contributed by atoms with Crippen LogP contribution < -0.4 is 16.4 Å². The van der Waals surface area contributed by atoms with Gasteiger partial charge in [-0.05, 0) is 56.2 Å². The number of benzene rings is 1. The number of amides is 1. The highest BCUT2D eigenvalue weighted by atomic mass is 16.3. The zero-order chi connectivity index (χ0) is 22.2. The number of amidine groups is 1. The van der Waals surface area contributed by atoms with Gasteiger partial charge in [0.15, 0.2) is 0 Å². The second-order valence-electron chi connectivity index (χ2n) is 9.23. The van der Waals surface area contributed by atoms with Crippen molar-refractivity contribution in [2.45, 2.75) is 76.1 Å². The van der Waals surface area contributed by atoms with Crippen LogP contribution in [0.4, 0.5) is 0 Å². The third-order valence-corrected chi connectivity index (χ3v) is 7.23. The summed E-state index contributed by atoms with van der Waals surface area (Å²) in [5.74, 6) is 1.23. The number of nitrogens with two attached hydrogens (primary N) is 1. The molecule has 4 atom stereocenters. The molecule has 7 heteroatoms. The van der Waals surface area contributed by atoms with E-state index in [0.29, 0.717) is 18.9 Å². The van der Waals surface area contributed by atoms with Crippen molar-refractivity contribution >= 4 is 11.7 Å². The molecule has 2 fully saturated rings. The van der Waals surface area contributed by atoms with Gasteiger partial charge in [0, 0.05) is 25.1 Å². The van der Waals surface area contributed by atoms with E-state index in [1.54, 1.807) is 0 Å². The van der Waals surface area contributed by atoms with E-state index in [2.05, 4.69) is 30.2 Å². The maximum Gasteiger partial charge on any atom is 0.251 e. The molecule has 1 aromatic rings. The summed E-state index contributed by atoms with van der Waals surface area (Å²) in [4.78, 5) is 20.0. The lowest BCUT2D eigenvalue weighted by atomic mass is 9.84. The third-order valence-electron chi connectivity index (χ3n) is 7.23. The molecule has 3 aliphatic rings. The van der Waals surface area contributed by atoms with E-state index in [-0.39, 0.29) is 11.9 Å². The number of nitrogens with one attached hydrogen (secondary N) is 2. The van der Waals surface area contributed by atoms with Gasteiger partial charge in [0.2, 0.25) is 0 Å². The molecule has 31 heavy (non-hydrogen) atoms. The lowest BCUT2D eigenvalue weighted by Crippen LogP contribution is -2.64. The number of nitrogens with zero attached hydrogens (tertiary/aromatic N) is 2. The van der Waals surface area contributed by atoms with Crippen molar-refractivity contribution in [1.29, 1.82) is 0 Å². The Bertz CT molecular complexity index is 898. The number of hydrogen-bond acceptors (Lipinski definition) is 5. The summed E-state index contributed by atoms with van der Waals surface area (Å²) < 4.78 is 0. The Kier molecular flexibility index (Phi) is 5.97. The molecule has 0 saturated carbocycles. The summed E-state index contributed by atoms with van der Waals surface area (Å²) in [6.07, 6.45) is 5.10. The minimum atomic E-state index is -0.794. The van der Waals surface area contributed by atoms with Gasteiger partial charge < -0.3 is 26.4 Å². The molecule has 0 aromatic heterocycles. The molecular formula is C24H35N5O2. The molecule has 2 aliphatic heterocycles. The van der Waals surface area contributed by atoms with E-state index in [1.807, 2.05) is 24.0 Å². The average Bonchev–Trinajstić information content (AvgIpc) is 3.02. The lowest BCUT2D eigenvalue weighted by molar-refractivity contribution is 0.0147. The molecule has 1 aliphatic carbocycles. The average molecular weight is 426 g/mol. The summed E-state index contributed by atoms with van der Waals surface area (Å²) in [5.41, 5.74) is 8.60. The van der Waals surface area contributed by atoms with Gasteiger partial charge in [0.25, 0.3) is 5.91 Å². The Morgan fingerprint density at radius 2 is 2.19 bits per heavy atom. The monoisotopic (exact) mass is 425 g/mol. The van der Waals surface area contributed by atoms with E-state index in [1.165, 1.54) is 12.0 Å². The van der Waals surface area contributed by atoms with Crippen LogP contribution in [0.2, 0.25) is 0 Å². The molecular weight excluding hydrogens is 390 g/mol. The zero-order valence-corrected chi connectivity index (χ0v) is 18.7. The first-order valence-corrected chi connectivity index (χ1v) is 11.5. The normalized spacial score (nSPS) is 30.4. The SMILES string of the molecule is C=C1NCC(N=C(N)CCC)C2(C)C(O)C(NC(=O)c3cccc4c3CCCC4)CN12. The lowest BCUT2D eigenvalue weighted by Gasteiger charge is -2.48. The van der Waals surface area contributed by atoms with Crippen molar-refractivity contribution < 1.29 is 9.90 Å². The number of carbonyl (C=O) groups is 1. The van der Waals surface area contributed by atoms with E-state index in [9.17, 15) is 9.90 Å². The fraction of sp³-hybridized carbons (Fsp3) is 0.583. The molecule has 168 valence electrons. The minimum Gasteiger partial charge on any atom is -0.388 e. The summed E-state index contributed by atoms with van der Waals surface area (Å²) in [6.45, 7) is 9.22. The van der Waals surface area contributed by atoms with Crippen LogP contribution >= 0.6 is 0 Å². The van der Waals surface area contributed by atoms with Crippen LogP contribution in [-0.2, 0) is 12.8 Å². The fourth-order valence-electron chi connectivity index (χ4n) is 5.42. The largest absolute Gasteiger partial charge is 0.388 e. The molecule has 4 rings (SSSR count). The van der Waals surface area contributed by atoms with E-state index < -0.39 is 17.7 Å². The molecule has 0 spiro atoms. The van der Waals surface area contributed by atoms with Gasteiger partial charge >= 0.3 is 0 Å². The fourth-order valence-corrected chi connectivity index (χ4v) is 5.42. The molecule has 0 radical (unpaired) electrons. The van der Waals surface area contributed by atoms with Crippen molar-refractivity contribution in [3.8, 4) is 0 Å². The number of fused-ring (bicyclic) bond motifs is 2. The van der Waals surface area contributed by atoms with Gasteiger partial charge in [-0.1, -0.05) is 25.6 Å². The topological polar surface area (TPSA) is 103 Å². The molecule has 7 nitrogen and oxygen atoms in total. The standard InChI is InChI=1S/C24H35N5O2/c1-4-8-21(25)28-20-13-26-15(2)29-14-19(22(30)24(20,29)3)27-23(31)18-12-7-10-16-9-5-6-11-17(16)18/h7,10,12,19-20,22,26,30H,2,4-6,8-9,11,13-14H2,1,3H3,(H2,25,28)(H,27,31). The van der Waals surface area contributed by atoms with Crippen LogP contribution in [0.1, 0.15) is 61.0 Å². The first kappa shape index (κ1) is 21.7. The van der Waals surface area contributed by atoms with Crippen molar-refractivity contribution in [2.75, 3.05) is 13.1 Å². The second-order valence-corrected chi connectivity index (χ2v) is 9.23. The Labute approximate surface area is 184 Å². The summed E-state index contributed by atoms with van der Waals surface area (Å²) in [5, 5.41) is 17.8. The molecule has 2 saturated heterocycles. The van der Waals surface area contributed by atoms with Gasteiger partial charge in [-0.3, -0.25) is 9.79 Å². The predicted molar refractivity (Wildman–Crippen MR) is 123 cm³/mol. The van der Waals surface area contributed by atoms with Crippen molar-refractivity contribution in [3.63, 3.8) is 0 Å². The van der Waals surface area contributed by atoms with Crippen molar-refractivity contribution in [2.24, 2.45) is 10.7 Å². The number of rotatable bonds is 5.